The van der Waals surface area contributed by atoms with Crippen LogP contribution in [0.25, 0.3) is 11.5 Å². The van der Waals surface area contributed by atoms with Crippen LogP contribution in [-0.2, 0) is 20.3 Å². The predicted octanol–water partition coefficient (Wildman–Crippen LogP) is 4.60. The summed E-state index contributed by atoms with van der Waals surface area (Å²) in [5.41, 5.74) is 1.68. The first kappa shape index (κ1) is 22.5. The maximum Gasteiger partial charge on any atom is 0.416 e. The van der Waals surface area contributed by atoms with Crippen molar-refractivity contribution in [1.82, 2.24) is 29.4 Å². The topological polar surface area (TPSA) is 51.8 Å². The summed E-state index contributed by atoms with van der Waals surface area (Å²) in [5, 5.41) is 13.7. The Morgan fingerprint density at radius 3 is 2.61 bits per heavy atom. The van der Waals surface area contributed by atoms with Gasteiger partial charge in [-0.15, -0.1) is 10.2 Å². The average molecular weight is 477 g/mol. The van der Waals surface area contributed by atoms with Crippen LogP contribution in [0.15, 0.2) is 41.7 Å². The van der Waals surface area contributed by atoms with Gasteiger partial charge in [-0.25, -0.2) is 0 Å². The molecule has 0 radical (unpaired) electrons. The fourth-order valence-electron chi connectivity index (χ4n) is 5.06. The lowest BCUT2D eigenvalue weighted by Crippen LogP contribution is -2.23. The SMILES string of the molecule is Cn1nccc1-c1nnc(SCCCN2CCC3(CC3c3ccc(C(F)(F)F)cc3)C2)n1C. The lowest BCUT2D eigenvalue weighted by molar-refractivity contribution is -0.137. The van der Waals surface area contributed by atoms with Crippen molar-refractivity contribution in [3.63, 3.8) is 0 Å². The van der Waals surface area contributed by atoms with Crippen molar-refractivity contribution < 1.29 is 13.2 Å². The molecule has 0 amide bonds. The Morgan fingerprint density at radius 1 is 1.12 bits per heavy atom. The molecule has 0 N–H and O–H groups in total. The Morgan fingerprint density at radius 2 is 1.91 bits per heavy atom. The van der Waals surface area contributed by atoms with Gasteiger partial charge in [0.2, 0.25) is 0 Å². The number of benzene rings is 1. The van der Waals surface area contributed by atoms with Gasteiger partial charge >= 0.3 is 6.18 Å². The molecule has 1 aliphatic heterocycles. The Hall–Kier alpha value is -2.33. The second kappa shape index (κ2) is 8.47. The molecule has 2 fully saturated rings. The number of alkyl halides is 3. The minimum atomic E-state index is -4.27. The van der Waals surface area contributed by atoms with Crippen molar-refractivity contribution in [3.8, 4) is 11.5 Å². The average Bonchev–Trinajstić information content (AvgIpc) is 3.05. The van der Waals surface area contributed by atoms with E-state index in [2.05, 4.69) is 20.2 Å². The molecule has 1 saturated heterocycles. The first-order chi connectivity index (χ1) is 15.8. The van der Waals surface area contributed by atoms with E-state index in [0.717, 1.165) is 66.9 Å². The molecule has 10 heteroatoms. The molecular formula is C23H27F3N6S. The standard InChI is InChI=1S/C23H27F3N6S/c1-30-20(19-8-10-27-31(19)2)28-29-21(30)33-13-3-11-32-12-9-22(15-32)14-18(22)16-4-6-17(7-5-16)23(24,25)26/h4-8,10,18H,3,9,11-15H2,1-2H3. The van der Waals surface area contributed by atoms with Crippen molar-refractivity contribution in [3.05, 3.63) is 47.7 Å². The van der Waals surface area contributed by atoms with Gasteiger partial charge in [-0.3, -0.25) is 4.68 Å². The van der Waals surface area contributed by atoms with E-state index in [1.807, 2.05) is 24.7 Å². The lowest BCUT2D eigenvalue weighted by atomic mass is 9.97. The third-order valence-electron chi connectivity index (χ3n) is 7.03. The highest BCUT2D eigenvalue weighted by Crippen LogP contribution is 2.64. The zero-order chi connectivity index (χ0) is 23.2. The minimum absolute atomic E-state index is 0.258. The fraction of sp³-hybridized carbons (Fsp3) is 0.522. The molecular weight excluding hydrogens is 449 g/mol. The number of halogens is 3. The monoisotopic (exact) mass is 476 g/mol. The molecule has 2 aromatic heterocycles. The molecule has 0 bridgehead atoms. The number of aryl methyl sites for hydroxylation is 1. The predicted molar refractivity (Wildman–Crippen MR) is 121 cm³/mol. The van der Waals surface area contributed by atoms with Crippen LogP contribution in [-0.4, -0.2) is 54.8 Å². The maximum atomic E-state index is 12.8. The fourth-order valence-corrected chi connectivity index (χ4v) is 5.89. The van der Waals surface area contributed by atoms with Gasteiger partial charge < -0.3 is 9.47 Å². The smallest absolute Gasteiger partial charge is 0.304 e. The molecule has 33 heavy (non-hydrogen) atoms. The zero-order valence-electron chi connectivity index (χ0n) is 18.7. The summed E-state index contributed by atoms with van der Waals surface area (Å²) in [4.78, 5) is 2.50. The summed E-state index contributed by atoms with van der Waals surface area (Å²) in [6.07, 6.45) is 0.747. The molecule has 1 aromatic carbocycles. The van der Waals surface area contributed by atoms with Gasteiger partial charge in [0.15, 0.2) is 11.0 Å². The Bertz CT molecular complexity index is 1120. The Balaban J connectivity index is 1.09. The molecule has 1 spiro atoms. The van der Waals surface area contributed by atoms with E-state index in [1.165, 1.54) is 12.1 Å². The van der Waals surface area contributed by atoms with E-state index in [4.69, 9.17) is 0 Å². The van der Waals surface area contributed by atoms with Gasteiger partial charge in [-0.1, -0.05) is 23.9 Å². The van der Waals surface area contributed by atoms with Crippen LogP contribution in [0.2, 0.25) is 0 Å². The van der Waals surface area contributed by atoms with Crippen LogP contribution < -0.4 is 0 Å². The number of hydrogen-bond donors (Lipinski definition) is 0. The number of likely N-dealkylation sites (tertiary alicyclic amines) is 1. The molecule has 2 atom stereocenters. The van der Waals surface area contributed by atoms with E-state index in [9.17, 15) is 13.2 Å². The molecule has 6 nitrogen and oxygen atoms in total. The van der Waals surface area contributed by atoms with Gasteiger partial charge in [-0.2, -0.15) is 18.3 Å². The number of aromatic nitrogens is 5. The number of thioether (sulfide) groups is 1. The summed E-state index contributed by atoms with van der Waals surface area (Å²) in [6.45, 7) is 3.13. The van der Waals surface area contributed by atoms with Gasteiger partial charge in [0, 0.05) is 32.6 Å². The van der Waals surface area contributed by atoms with Crippen molar-refractivity contribution in [2.24, 2.45) is 19.5 Å². The van der Waals surface area contributed by atoms with Crippen molar-refractivity contribution in [2.75, 3.05) is 25.4 Å². The van der Waals surface area contributed by atoms with E-state index in [0.29, 0.717) is 5.92 Å². The van der Waals surface area contributed by atoms with Crippen LogP contribution in [0, 0.1) is 5.41 Å². The van der Waals surface area contributed by atoms with E-state index < -0.39 is 11.7 Å². The third kappa shape index (κ3) is 4.42. The van der Waals surface area contributed by atoms with Crippen LogP contribution in [0.5, 0.6) is 0 Å². The summed E-state index contributed by atoms with van der Waals surface area (Å²) >= 11 is 1.71. The highest BCUT2D eigenvalue weighted by atomic mass is 32.2. The highest BCUT2D eigenvalue weighted by Gasteiger charge is 2.57. The summed E-state index contributed by atoms with van der Waals surface area (Å²) in [7, 11) is 3.87. The first-order valence-electron chi connectivity index (χ1n) is 11.2. The Kier molecular flexibility index (Phi) is 5.76. The van der Waals surface area contributed by atoms with Crippen LogP contribution >= 0.6 is 11.8 Å². The van der Waals surface area contributed by atoms with Crippen LogP contribution in [0.1, 0.15) is 36.3 Å². The molecule has 176 valence electrons. The van der Waals surface area contributed by atoms with Gasteiger partial charge in [0.1, 0.15) is 5.69 Å². The third-order valence-corrected chi connectivity index (χ3v) is 8.14. The molecule has 3 heterocycles. The molecule has 2 unspecified atom stereocenters. The second-order valence-electron chi connectivity index (χ2n) is 9.17. The maximum absolute atomic E-state index is 12.8. The second-order valence-corrected chi connectivity index (χ2v) is 10.2. The molecule has 2 aliphatic rings. The first-order valence-corrected chi connectivity index (χ1v) is 12.2. The van der Waals surface area contributed by atoms with Crippen molar-refractivity contribution in [1.29, 1.82) is 0 Å². The van der Waals surface area contributed by atoms with Crippen LogP contribution in [0.4, 0.5) is 13.2 Å². The molecule has 3 aromatic rings. The summed E-state index contributed by atoms with van der Waals surface area (Å²) < 4.78 is 42.3. The van der Waals surface area contributed by atoms with Gasteiger partial charge in [-0.05, 0) is 67.4 Å². The van der Waals surface area contributed by atoms with Crippen molar-refractivity contribution >= 4 is 11.8 Å². The summed E-state index contributed by atoms with van der Waals surface area (Å²) in [6, 6.07) is 7.71. The molecule has 1 saturated carbocycles. The number of nitrogens with zero attached hydrogens (tertiary/aromatic N) is 6. The zero-order valence-corrected chi connectivity index (χ0v) is 19.5. The lowest BCUT2D eigenvalue weighted by Gasteiger charge is -2.16. The Labute approximate surface area is 195 Å². The minimum Gasteiger partial charge on any atom is -0.304 e. The van der Waals surface area contributed by atoms with E-state index >= 15 is 0 Å². The molecule has 1 aliphatic carbocycles. The quantitative estimate of drug-likeness (QED) is 0.369. The summed E-state index contributed by atoms with van der Waals surface area (Å²) in [5.74, 6) is 2.16. The van der Waals surface area contributed by atoms with Crippen LogP contribution in [0.3, 0.4) is 0 Å². The molecule has 5 rings (SSSR count). The largest absolute Gasteiger partial charge is 0.416 e. The number of rotatable bonds is 7. The number of hydrogen-bond acceptors (Lipinski definition) is 5. The van der Waals surface area contributed by atoms with E-state index in [1.54, 1.807) is 34.8 Å². The van der Waals surface area contributed by atoms with Crippen molar-refractivity contribution in [2.45, 2.75) is 36.5 Å². The van der Waals surface area contributed by atoms with Gasteiger partial charge in [0.25, 0.3) is 0 Å². The van der Waals surface area contributed by atoms with Gasteiger partial charge in [0.05, 0.1) is 5.56 Å². The van der Waals surface area contributed by atoms with E-state index in [-0.39, 0.29) is 5.41 Å². The highest BCUT2D eigenvalue weighted by molar-refractivity contribution is 7.99. The normalized spacial score (nSPS) is 23.0.